The van der Waals surface area contributed by atoms with Crippen LogP contribution in [0.4, 0.5) is 5.69 Å². The zero-order valence-corrected chi connectivity index (χ0v) is 14.2. The van der Waals surface area contributed by atoms with E-state index in [1.807, 2.05) is 26.1 Å². The molecule has 1 heterocycles. The molecule has 22 heavy (non-hydrogen) atoms. The van der Waals surface area contributed by atoms with Gasteiger partial charge in [0.2, 0.25) is 5.69 Å². The summed E-state index contributed by atoms with van der Waals surface area (Å²) >= 11 is 0. The molecule has 1 N–H and O–H groups in total. The lowest BCUT2D eigenvalue weighted by atomic mass is 9.79. The zero-order valence-electron chi connectivity index (χ0n) is 13.4. The highest BCUT2D eigenvalue weighted by Crippen LogP contribution is 2.44. The Morgan fingerprint density at radius 1 is 1.09 bits per heavy atom. The molecule has 0 saturated heterocycles. The predicted octanol–water partition coefficient (Wildman–Crippen LogP) is 3.42. The Labute approximate surface area is 130 Å². The summed E-state index contributed by atoms with van der Waals surface area (Å²) in [5, 5.41) is 1.46. The zero-order chi connectivity index (χ0) is 16.4. The molecule has 0 radical (unpaired) electrons. The van der Waals surface area contributed by atoms with E-state index in [4.69, 9.17) is 0 Å². The van der Waals surface area contributed by atoms with Crippen molar-refractivity contribution >= 4 is 32.3 Å². The highest BCUT2D eigenvalue weighted by atomic mass is 32.2. The van der Waals surface area contributed by atoms with Gasteiger partial charge in [-0.1, -0.05) is 6.07 Å². The van der Waals surface area contributed by atoms with Crippen LogP contribution in [0.25, 0.3) is 10.8 Å². The summed E-state index contributed by atoms with van der Waals surface area (Å²) in [4.78, 5) is -0.0201. The third-order valence-electron chi connectivity index (χ3n) is 4.89. The molecule has 0 unspecified atom stereocenters. The van der Waals surface area contributed by atoms with E-state index < -0.39 is 10.1 Å². The molecule has 0 saturated carbocycles. The summed E-state index contributed by atoms with van der Waals surface area (Å²) in [5.74, 6) is 0. The van der Waals surface area contributed by atoms with Gasteiger partial charge in [-0.3, -0.25) is 4.55 Å². The monoisotopic (exact) mass is 318 g/mol. The van der Waals surface area contributed by atoms with Gasteiger partial charge in [0.15, 0.2) is 5.71 Å². The maximum absolute atomic E-state index is 11.7. The molecule has 0 fully saturated rings. The number of hydrogen-bond donors (Lipinski definition) is 1. The Kier molecular flexibility index (Phi) is 3.03. The van der Waals surface area contributed by atoms with E-state index in [9.17, 15) is 13.0 Å². The van der Waals surface area contributed by atoms with Gasteiger partial charge in [-0.15, -0.1) is 0 Å². The fourth-order valence-corrected chi connectivity index (χ4v) is 4.25. The molecule has 1 aliphatic rings. The smallest absolute Gasteiger partial charge is 0.282 e. The van der Waals surface area contributed by atoms with E-state index in [1.165, 1.54) is 11.8 Å². The summed E-state index contributed by atoms with van der Waals surface area (Å²) in [5.41, 5.74) is 4.04. The third-order valence-corrected chi connectivity index (χ3v) is 5.79. The third kappa shape index (κ3) is 1.92. The summed E-state index contributed by atoms with van der Waals surface area (Å²) < 4.78 is 35.2. The maximum Gasteiger partial charge on any atom is 0.295 e. The molecule has 1 aliphatic heterocycles. The molecule has 0 amide bonds. The average Bonchev–Trinajstić information content (AvgIpc) is 2.58. The second kappa shape index (κ2) is 4.40. The minimum absolute atomic E-state index is 0.0201. The van der Waals surface area contributed by atoms with Crippen LogP contribution in [0.15, 0.2) is 29.2 Å². The van der Waals surface area contributed by atoms with Crippen LogP contribution in [0.2, 0.25) is 0 Å². The molecule has 5 heteroatoms. The number of aryl methyl sites for hydroxylation is 1. The van der Waals surface area contributed by atoms with Crippen LogP contribution in [0.3, 0.4) is 0 Å². The number of rotatable bonds is 1. The highest BCUT2D eigenvalue weighted by molar-refractivity contribution is 7.86. The Morgan fingerprint density at radius 3 is 2.32 bits per heavy atom. The first-order valence-electron chi connectivity index (χ1n) is 7.18. The second-order valence-corrected chi connectivity index (χ2v) is 7.95. The van der Waals surface area contributed by atoms with Crippen molar-refractivity contribution in [3.8, 4) is 0 Å². The van der Waals surface area contributed by atoms with Crippen LogP contribution in [-0.2, 0) is 15.5 Å². The molecular formula is C17H20NO3S+. The van der Waals surface area contributed by atoms with Crippen LogP contribution in [0.5, 0.6) is 0 Å². The van der Waals surface area contributed by atoms with E-state index in [0.29, 0.717) is 5.39 Å². The molecule has 0 aliphatic carbocycles. The Balaban J connectivity index is 2.53. The second-order valence-electron chi connectivity index (χ2n) is 6.56. The van der Waals surface area contributed by atoms with Gasteiger partial charge < -0.3 is 0 Å². The van der Waals surface area contributed by atoms with Crippen molar-refractivity contribution < 1.29 is 17.5 Å². The van der Waals surface area contributed by atoms with Crippen molar-refractivity contribution in [1.82, 2.24) is 0 Å². The molecule has 0 bridgehead atoms. The van der Waals surface area contributed by atoms with Crippen LogP contribution in [0, 0.1) is 6.92 Å². The lowest BCUT2D eigenvalue weighted by Crippen LogP contribution is -2.25. The van der Waals surface area contributed by atoms with Gasteiger partial charge in [-0.2, -0.15) is 8.42 Å². The summed E-state index contributed by atoms with van der Waals surface area (Å²) in [6.45, 7) is 8.21. The van der Waals surface area contributed by atoms with E-state index in [2.05, 4.69) is 25.3 Å². The number of fused-ring (bicyclic) bond motifs is 3. The van der Waals surface area contributed by atoms with Crippen LogP contribution in [0.1, 0.15) is 31.9 Å². The van der Waals surface area contributed by atoms with Crippen molar-refractivity contribution in [2.75, 3.05) is 7.05 Å². The molecule has 0 spiro atoms. The first kappa shape index (κ1) is 15.2. The van der Waals surface area contributed by atoms with Crippen molar-refractivity contribution in [2.24, 2.45) is 0 Å². The van der Waals surface area contributed by atoms with Crippen molar-refractivity contribution in [1.29, 1.82) is 0 Å². The minimum atomic E-state index is -4.25. The summed E-state index contributed by atoms with van der Waals surface area (Å²) in [7, 11) is -2.23. The van der Waals surface area contributed by atoms with Crippen LogP contribution >= 0.6 is 0 Å². The molecule has 4 nitrogen and oxygen atoms in total. The van der Waals surface area contributed by atoms with E-state index in [1.54, 1.807) is 6.07 Å². The first-order chi connectivity index (χ1) is 10.0. The van der Waals surface area contributed by atoms with Crippen molar-refractivity contribution in [2.45, 2.75) is 38.0 Å². The number of hydrogen-bond acceptors (Lipinski definition) is 2. The van der Waals surface area contributed by atoms with Crippen molar-refractivity contribution in [3.63, 3.8) is 0 Å². The molecule has 2 aromatic rings. The molecule has 0 atom stereocenters. The molecule has 116 valence electrons. The average molecular weight is 318 g/mol. The Bertz CT molecular complexity index is 954. The Morgan fingerprint density at radius 2 is 1.73 bits per heavy atom. The Hall–Kier alpha value is -1.72. The quantitative estimate of drug-likeness (QED) is 0.647. The largest absolute Gasteiger partial charge is 0.295 e. The minimum Gasteiger partial charge on any atom is -0.282 e. The van der Waals surface area contributed by atoms with Gasteiger partial charge in [0.25, 0.3) is 10.1 Å². The standard InChI is InChI=1S/C17H19NO3S/c1-10-8-13-12(15(9-10)22(19,20)21)6-7-14-16(13)17(3,4)11(2)18(14)5/h6-9H,1-5H3/p+1. The molecular weight excluding hydrogens is 298 g/mol. The van der Waals surface area contributed by atoms with Crippen LogP contribution < -0.4 is 0 Å². The fraction of sp³-hybridized carbons (Fsp3) is 0.353. The first-order valence-corrected chi connectivity index (χ1v) is 8.62. The van der Waals surface area contributed by atoms with E-state index >= 15 is 0 Å². The number of benzene rings is 2. The number of nitrogens with zero attached hydrogens (tertiary/aromatic N) is 1. The maximum atomic E-state index is 11.7. The SMILES string of the molecule is CC1=[N+](C)c2ccc3c(S(=O)(=O)O)cc(C)cc3c2C1(C)C. The molecule has 2 aromatic carbocycles. The molecule has 0 aromatic heterocycles. The molecule has 3 rings (SSSR count). The van der Waals surface area contributed by atoms with E-state index in [0.717, 1.165) is 22.2 Å². The predicted molar refractivity (Wildman–Crippen MR) is 88.1 cm³/mol. The van der Waals surface area contributed by atoms with Gasteiger partial charge in [0.05, 0.1) is 5.41 Å². The lowest BCUT2D eigenvalue weighted by Gasteiger charge is -2.18. The van der Waals surface area contributed by atoms with E-state index in [-0.39, 0.29) is 10.3 Å². The van der Waals surface area contributed by atoms with Gasteiger partial charge in [-0.25, -0.2) is 4.58 Å². The van der Waals surface area contributed by atoms with Gasteiger partial charge in [0.1, 0.15) is 11.9 Å². The van der Waals surface area contributed by atoms with Gasteiger partial charge >= 0.3 is 0 Å². The van der Waals surface area contributed by atoms with Gasteiger partial charge in [-0.05, 0) is 43.9 Å². The van der Waals surface area contributed by atoms with Crippen molar-refractivity contribution in [3.05, 3.63) is 35.4 Å². The lowest BCUT2D eigenvalue weighted by molar-refractivity contribution is -0.402. The normalized spacial score (nSPS) is 17.2. The topological polar surface area (TPSA) is 57.4 Å². The van der Waals surface area contributed by atoms with Gasteiger partial charge in [0, 0.05) is 23.9 Å². The summed E-state index contributed by atoms with van der Waals surface area (Å²) in [6.07, 6.45) is 0. The highest BCUT2D eigenvalue weighted by Gasteiger charge is 2.43. The summed E-state index contributed by atoms with van der Waals surface area (Å²) in [6, 6.07) is 7.23. The van der Waals surface area contributed by atoms with Crippen LogP contribution in [-0.4, -0.2) is 30.3 Å². The fourth-order valence-electron chi connectivity index (χ4n) is 3.46.